The van der Waals surface area contributed by atoms with Crippen molar-refractivity contribution in [2.24, 2.45) is 0 Å². The number of esters is 1. The molecule has 1 rings (SSSR count). The first kappa shape index (κ1) is 25.5. The molecular formula is C26H44O3. The number of aromatic hydroxyl groups is 1. The summed E-state index contributed by atoms with van der Waals surface area (Å²) in [6.07, 6.45) is 9.54. The molecule has 0 atom stereocenters. The Morgan fingerprint density at radius 3 is 1.83 bits per heavy atom. The highest BCUT2D eigenvalue weighted by molar-refractivity contribution is 5.70. The molecule has 0 saturated carbocycles. The maximum Gasteiger partial charge on any atom is 0.306 e. The Morgan fingerprint density at radius 2 is 1.34 bits per heavy atom. The zero-order valence-corrected chi connectivity index (χ0v) is 20.0. The monoisotopic (exact) mass is 404 g/mol. The lowest BCUT2D eigenvalue weighted by atomic mass is 9.75. The highest BCUT2D eigenvalue weighted by Gasteiger charge is 2.26. The van der Waals surface area contributed by atoms with Crippen molar-refractivity contribution in [2.75, 3.05) is 6.61 Å². The average molecular weight is 405 g/mol. The quantitative estimate of drug-likeness (QED) is 0.313. The van der Waals surface area contributed by atoms with Crippen molar-refractivity contribution in [1.29, 1.82) is 0 Å². The molecule has 0 aliphatic carbocycles. The summed E-state index contributed by atoms with van der Waals surface area (Å²) in [4.78, 5) is 12.3. The van der Waals surface area contributed by atoms with Crippen molar-refractivity contribution >= 4 is 5.97 Å². The normalized spacial score (nSPS) is 12.2. The molecule has 1 aromatic carbocycles. The Bertz CT molecular complexity index is 597. The summed E-state index contributed by atoms with van der Waals surface area (Å²) in [5.74, 6) is 0.175. The Morgan fingerprint density at radius 1 is 0.862 bits per heavy atom. The van der Waals surface area contributed by atoms with Crippen molar-refractivity contribution in [1.82, 2.24) is 0 Å². The molecule has 166 valence electrons. The Balaban J connectivity index is 2.65. The van der Waals surface area contributed by atoms with Gasteiger partial charge in [0.15, 0.2) is 0 Å². The van der Waals surface area contributed by atoms with E-state index in [2.05, 4.69) is 48.5 Å². The SMILES string of the molecule is CCCCCCCCCOC(=O)CCc1c(C(C)(C)C)cc(O)cc1C(C)(C)C. The topological polar surface area (TPSA) is 46.5 Å². The van der Waals surface area contributed by atoms with Crippen LogP contribution in [-0.4, -0.2) is 17.7 Å². The summed E-state index contributed by atoms with van der Waals surface area (Å²) in [6, 6.07) is 3.71. The van der Waals surface area contributed by atoms with Gasteiger partial charge in [-0.25, -0.2) is 0 Å². The second-order valence-corrected chi connectivity index (χ2v) is 10.4. The molecule has 1 aromatic rings. The predicted octanol–water partition coefficient (Wildman–Crippen LogP) is 7.21. The van der Waals surface area contributed by atoms with Crippen LogP contribution in [0, 0.1) is 0 Å². The summed E-state index contributed by atoms with van der Waals surface area (Å²) in [5.41, 5.74) is 3.20. The maximum atomic E-state index is 12.3. The lowest BCUT2D eigenvalue weighted by molar-refractivity contribution is -0.143. The van der Waals surface area contributed by atoms with Crippen molar-refractivity contribution < 1.29 is 14.6 Å². The molecule has 0 heterocycles. The molecule has 0 aliphatic heterocycles. The minimum atomic E-state index is -0.122. The van der Waals surface area contributed by atoms with E-state index in [1.807, 2.05) is 12.1 Å². The zero-order chi connectivity index (χ0) is 22.1. The van der Waals surface area contributed by atoms with Gasteiger partial charge in [-0.1, -0.05) is 87.0 Å². The van der Waals surface area contributed by atoms with E-state index in [4.69, 9.17) is 4.74 Å². The van der Waals surface area contributed by atoms with E-state index >= 15 is 0 Å². The Kier molecular flexibility index (Phi) is 10.2. The number of ether oxygens (including phenoxy) is 1. The lowest BCUT2D eigenvalue weighted by Crippen LogP contribution is -2.22. The van der Waals surface area contributed by atoms with Crippen LogP contribution in [0.3, 0.4) is 0 Å². The van der Waals surface area contributed by atoms with Gasteiger partial charge in [-0.05, 0) is 52.5 Å². The van der Waals surface area contributed by atoms with Crippen molar-refractivity contribution in [3.05, 3.63) is 28.8 Å². The minimum Gasteiger partial charge on any atom is -0.508 e. The number of unbranched alkanes of at least 4 members (excludes halogenated alkanes) is 6. The van der Waals surface area contributed by atoms with Crippen molar-refractivity contribution in [2.45, 2.75) is 117 Å². The molecule has 0 unspecified atom stereocenters. The standard InChI is InChI=1S/C26H44O3/c1-8-9-10-11-12-13-14-17-29-24(28)16-15-21-22(25(2,3)4)18-20(27)19-23(21)26(5,6)7/h18-19,27H,8-17H2,1-7H3. The van der Waals surface area contributed by atoms with Crippen LogP contribution in [-0.2, 0) is 26.8 Å². The number of hydrogen-bond donors (Lipinski definition) is 1. The molecule has 0 saturated heterocycles. The van der Waals surface area contributed by atoms with E-state index < -0.39 is 0 Å². The van der Waals surface area contributed by atoms with E-state index in [9.17, 15) is 9.90 Å². The van der Waals surface area contributed by atoms with Crippen LogP contribution in [0.25, 0.3) is 0 Å². The highest BCUT2D eigenvalue weighted by Crippen LogP contribution is 2.37. The number of hydrogen-bond acceptors (Lipinski definition) is 3. The van der Waals surface area contributed by atoms with Crippen LogP contribution in [0.2, 0.25) is 0 Å². The highest BCUT2D eigenvalue weighted by atomic mass is 16.5. The van der Waals surface area contributed by atoms with Gasteiger partial charge in [-0.2, -0.15) is 0 Å². The molecule has 0 amide bonds. The summed E-state index contributed by atoms with van der Waals surface area (Å²) >= 11 is 0. The fourth-order valence-corrected chi connectivity index (χ4v) is 3.81. The molecule has 1 N–H and O–H groups in total. The summed E-state index contributed by atoms with van der Waals surface area (Å²) < 4.78 is 5.48. The van der Waals surface area contributed by atoms with Crippen molar-refractivity contribution in [3.8, 4) is 5.75 Å². The molecule has 0 radical (unpaired) electrons. The van der Waals surface area contributed by atoms with Crippen LogP contribution in [0.15, 0.2) is 12.1 Å². The predicted molar refractivity (Wildman–Crippen MR) is 123 cm³/mol. The molecule has 0 aromatic heterocycles. The third-order valence-corrected chi connectivity index (χ3v) is 5.44. The number of rotatable bonds is 11. The molecule has 0 bridgehead atoms. The smallest absolute Gasteiger partial charge is 0.306 e. The van der Waals surface area contributed by atoms with Gasteiger partial charge in [0.2, 0.25) is 0 Å². The van der Waals surface area contributed by atoms with Gasteiger partial charge in [0.1, 0.15) is 5.75 Å². The minimum absolute atomic E-state index is 0.101. The van der Waals surface area contributed by atoms with Crippen LogP contribution < -0.4 is 0 Å². The van der Waals surface area contributed by atoms with E-state index in [1.165, 1.54) is 37.7 Å². The molecule has 0 spiro atoms. The fraction of sp³-hybridized carbons (Fsp3) is 0.731. The van der Waals surface area contributed by atoms with Gasteiger partial charge in [0.05, 0.1) is 6.61 Å². The van der Waals surface area contributed by atoms with E-state index in [0.717, 1.165) is 24.0 Å². The summed E-state index contributed by atoms with van der Waals surface area (Å²) in [5, 5.41) is 10.3. The van der Waals surface area contributed by atoms with Crippen LogP contribution in [0.5, 0.6) is 5.75 Å². The molecular weight excluding hydrogens is 360 g/mol. The van der Waals surface area contributed by atoms with Gasteiger partial charge >= 0.3 is 5.97 Å². The van der Waals surface area contributed by atoms with Crippen LogP contribution >= 0.6 is 0 Å². The average Bonchev–Trinajstić information content (AvgIpc) is 2.60. The van der Waals surface area contributed by atoms with Gasteiger partial charge in [0, 0.05) is 6.42 Å². The van der Waals surface area contributed by atoms with Gasteiger partial charge in [-0.3, -0.25) is 4.79 Å². The number of carbonyl (C=O) groups is 1. The van der Waals surface area contributed by atoms with Gasteiger partial charge < -0.3 is 9.84 Å². The third kappa shape index (κ3) is 9.23. The lowest BCUT2D eigenvalue weighted by Gasteiger charge is -2.30. The van der Waals surface area contributed by atoms with Crippen LogP contribution in [0.4, 0.5) is 0 Å². The zero-order valence-electron chi connectivity index (χ0n) is 20.0. The fourth-order valence-electron chi connectivity index (χ4n) is 3.81. The number of carbonyl (C=O) groups excluding carboxylic acids is 1. The molecule has 3 heteroatoms. The van der Waals surface area contributed by atoms with Crippen molar-refractivity contribution in [3.63, 3.8) is 0 Å². The first-order chi connectivity index (χ1) is 13.5. The Labute approximate surface area is 179 Å². The molecule has 0 fully saturated rings. The number of phenols is 1. The second kappa shape index (κ2) is 11.6. The number of phenolic OH excluding ortho intramolecular Hbond substituents is 1. The van der Waals surface area contributed by atoms with Gasteiger partial charge in [-0.15, -0.1) is 0 Å². The first-order valence-electron chi connectivity index (χ1n) is 11.5. The van der Waals surface area contributed by atoms with E-state index in [0.29, 0.717) is 25.2 Å². The summed E-state index contributed by atoms with van der Waals surface area (Å²) in [7, 11) is 0. The second-order valence-electron chi connectivity index (χ2n) is 10.4. The largest absolute Gasteiger partial charge is 0.508 e. The van der Waals surface area contributed by atoms with E-state index in [-0.39, 0.29) is 16.8 Å². The molecule has 0 aliphatic rings. The van der Waals surface area contributed by atoms with Gasteiger partial charge in [0.25, 0.3) is 0 Å². The Hall–Kier alpha value is -1.51. The summed E-state index contributed by atoms with van der Waals surface area (Å²) in [6.45, 7) is 15.7. The molecule has 29 heavy (non-hydrogen) atoms. The number of benzene rings is 1. The maximum absolute atomic E-state index is 12.3. The van der Waals surface area contributed by atoms with Crippen LogP contribution in [0.1, 0.15) is 117 Å². The third-order valence-electron chi connectivity index (χ3n) is 5.44. The molecule has 3 nitrogen and oxygen atoms in total. The van der Waals surface area contributed by atoms with E-state index in [1.54, 1.807) is 0 Å². The first-order valence-corrected chi connectivity index (χ1v) is 11.5.